The first-order valence-electron chi connectivity index (χ1n) is 8.38. The molecule has 0 spiro atoms. The predicted molar refractivity (Wildman–Crippen MR) is 96.3 cm³/mol. The maximum absolute atomic E-state index is 13.8. The molecule has 0 saturated carbocycles. The van der Waals surface area contributed by atoms with Crippen molar-refractivity contribution in [3.05, 3.63) is 54.3 Å². The second kappa shape index (κ2) is 7.42. The average Bonchev–Trinajstić information content (AvgIpc) is 2.63. The number of benzene rings is 2. The Labute approximate surface area is 146 Å². The van der Waals surface area contributed by atoms with Crippen molar-refractivity contribution >= 4 is 17.3 Å². The number of phenolic OH excluding ortho intramolecular Hbond substituents is 1. The number of nitrogens with two attached hydrogens (primary N) is 1. The van der Waals surface area contributed by atoms with Gasteiger partial charge in [-0.25, -0.2) is 4.39 Å². The van der Waals surface area contributed by atoms with Crippen molar-refractivity contribution in [3.8, 4) is 5.75 Å². The first kappa shape index (κ1) is 17.1. The number of nitrogens with zero attached hydrogens (tertiary/aromatic N) is 2. The number of carbonyl (C=O) groups excluding carboxylic acids is 1. The zero-order chi connectivity index (χ0) is 17.8. The summed E-state index contributed by atoms with van der Waals surface area (Å²) in [6, 6.07) is 14.5. The number of aromatic hydroxyl groups is 1. The summed E-state index contributed by atoms with van der Waals surface area (Å²) in [7, 11) is 0. The number of para-hydroxylation sites is 1. The molecule has 1 aliphatic heterocycles. The standard InChI is InChI=1S/C19H22FN3O2/c20-17-12-15(6-8-18(17)24)23-11-10-22(14-4-2-1-3-5-14)13-16(23)7-9-19(21)25/h1-6,8,12,16,24H,7,9-11,13H2,(H2,21,25). The van der Waals surface area contributed by atoms with Crippen molar-refractivity contribution in [2.45, 2.75) is 18.9 Å². The Morgan fingerprint density at radius 2 is 1.92 bits per heavy atom. The molecule has 0 aliphatic carbocycles. The highest BCUT2D eigenvalue weighted by atomic mass is 19.1. The molecule has 25 heavy (non-hydrogen) atoms. The van der Waals surface area contributed by atoms with Crippen LogP contribution in [0.3, 0.4) is 0 Å². The normalized spacial score (nSPS) is 17.6. The Hall–Kier alpha value is -2.76. The van der Waals surface area contributed by atoms with E-state index in [1.54, 1.807) is 6.07 Å². The number of hydrogen-bond acceptors (Lipinski definition) is 4. The molecule has 0 aromatic heterocycles. The lowest BCUT2D eigenvalue weighted by Gasteiger charge is -2.44. The van der Waals surface area contributed by atoms with E-state index in [1.165, 1.54) is 12.1 Å². The van der Waals surface area contributed by atoms with Crippen molar-refractivity contribution in [2.75, 3.05) is 29.4 Å². The number of phenols is 1. The van der Waals surface area contributed by atoms with Gasteiger partial charge in [0.05, 0.1) is 0 Å². The number of primary amides is 1. The summed E-state index contributed by atoms with van der Waals surface area (Å²) >= 11 is 0. The predicted octanol–water partition coefficient (Wildman–Crippen LogP) is 2.49. The van der Waals surface area contributed by atoms with Gasteiger partial charge >= 0.3 is 0 Å². The van der Waals surface area contributed by atoms with E-state index < -0.39 is 5.82 Å². The van der Waals surface area contributed by atoms with Crippen LogP contribution in [0.5, 0.6) is 5.75 Å². The molecule has 3 N–H and O–H groups in total. The maximum Gasteiger partial charge on any atom is 0.217 e. The fourth-order valence-electron chi connectivity index (χ4n) is 3.30. The van der Waals surface area contributed by atoms with E-state index in [2.05, 4.69) is 21.9 Å². The minimum atomic E-state index is -0.642. The molecule has 2 aromatic carbocycles. The minimum Gasteiger partial charge on any atom is -0.505 e. The van der Waals surface area contributed by atoms with Crippen LogP contribution in [0.2, 0.25) is 0 Å². The zero-order valence-corrected chi connectivity index (χ0v) is 13.9. The molecule has 1 heterocycles. The van der Waals surface area contributed by atoms with Gasteiger partial charge < -0.3 is 20.6 Å². The number of piperazine rings is 1. The first-order chi connectivity index (χ1) is 12.0. The van der Waals surface area contributed by atoms with Gasteiger partial charge in [-0.3, -0.25) is 4.79 Å². The van der Waals surface area contributed by atoms with Crippen LogP contribution in [0.4, 0.5) is 15.8 Å². The maximum atomic E-state index is 13.8. The Kier molecular flexibility index (Phi) is 5.07. The van der Waals surface area contributed by atoms with E-state index in [0.717, 1.165) is 18.8 Å². The van der Waals surface area contributed by atoms with Gasteiger partial charge in [-0.15, -0.1) is 0 Å². The summed E-state index contributed by atoms with van der Waals surface area (Å²) in [6.45, 7) is 2.21. The zero-order valence-electron chi connectivity index (χ0n) is 13.9. The Morgan fingerprint density at radius 3 is 2.60 bits per heavy atom. The summed E-state index contributed by atoms with van der Waals surface area (Å²) in [4.78, 5) is 15.6. The van der Waals surface area contributed by atoms with Crippen LogP contribution in [0.25, 0.3) is 0 Å². The van der Waals surface area contributed by atoms with E-state index >= 15 is 0 Å². The molecule has 2 aromatic rings. The molecule has 1 saturated heterocycles. The van der Waals surface area contributed by atoms with Crippen LogP contribution in [-0.4, -0.2) is 36.7 Å². The second-order valence-electron chi connectivity index (χ2n) is 6.27. The van der Waals surface area contributed by atoms with Gasteiger partial charge in [-0.2, -0.15) is 0 Å². The lowest BCUT2D eigenvalue weighted by atomic mass is 10.0. The number of halogens is 1. The van der Waals surface area contributed by atoms with E-state index in [4.69, 9.17) is 5.73 Å². The summed E-state index contributed by atoms with van der Waals surface area (Å²) in [5, 5.41) is 9.41. The lowest BCUT2D eigenvalue weighted by molar-refractivity contribution is -0.118. The molecule has 1 unspecified atom stereocenters. The van der Waals surface area contributed by atoms with Crippen LogP contribution in [0, 0.1) is 5.82 Å². The molecular weight excluding hydrogens is 321 g/mol. The summed E-state index contributed by atoms with van der Waals surface area (Å²) in [6.07, 6.45) is 0.880. The van der Waals surface area contributed by atoms with Gasteiger partial charge in [-0.05, 0) is 30.7 Å². The third kappa shape index (κ3) is 4.02. The summed E-state index contributed by atoms with van der Waals surface area (Å²) in [5.74, 6) is -1.34. The van der Waals surface area contributed by atoms with Gasteiger partial charge in [0.15, 0.2) is 11.6 Å². The highest BCUT2D eigenvalue weighted by molar-refractivity contribution is 5.73. The third-order valence-electron chi connectivity index (χ3n) is 4.59. The monoisotopic (exact) mass is 343 g/mol. The SMILES string of the molecule is NC(=O)CCC1CN(c2ccccc2)CCN1c1ccc(O)c(F)c1. The van der Waals surface area contributed by atoms with Crippen LogP contribution in [0.15, 0.2) is 48.5 Å². The fraction of sp³-hybridized carbons (Fsp3) is 0.316. The van der Waals surface area contributed by atoms with Gasteiger partial charge in [0, 0.05) is 49.5 Å². The molecule has 0 bridgehead atoms. The van der Waals surface area contributed by atoms with Gasteiger partial charge in [0.25, 0.3) is 0 Å². The van der Waals surface area contributed by atoms with Crippen LogP contribution in [-0.2, 0) is 4.79 Å². The van der Waals surface area contributed by atoms with Gasteiger partial charge in [-0.1, -0.05) is 18.2 Å². The Bertz CT molecular complexity index is 739. The number of anilines is 2. The lowest BCUT2D eigenvalue weighted by Crippen LogP contribution is -2.53. The Balaban J connectivity index is 1.82. The van der Waals surface area contributed by atoms with E-state index in [0.29, 0.717) is 18.7 Å². The summed E-state index contributed by atoms with van der Waals surface area (Å²) < 4.78 is 13.8. The molecule has 3 rings (SSSR count). The second-order valence-corrected chi connectivity index (χ2v) is 6.27. The van der Waals surface area contributed by atoms with Crippen molar-refractivity contribution < 1.29 is 14.3 Å². The third-order valence-corrected chi connectivity index (χ3v) is 4.59. The molecule has 132 valence electrons. The molecular formula is C19H22FN3O2. The number of hydrogen-bond donors (Lipinski definition) is 2. The highest BCUT2D eigenvalue weighted by Crippen LogP contribution is 2.29. The topological polar surface area (TPSA) is 69.8 Å². The van der Waals surface area contributed by atoms with Gasteiger partial charge in [0.1, 0.15) is 0 Å². The molecule has 1 atom stereocenters. The van der Waals surface area contributed by atoms with Gasteiger partial charge in [0.2, 0.25) is 5.91 Å². The average molecular weight is 343 g/mol. The van der Waals surface area contributed by atoms with Crippen LogP contribution < -0.4 is 15.5 Å². The quantitative estimate of drug-likeness (QED) is 0.875. The van der Waals surface area contributed by atoms with Crippen molar-refractivity contribution in [1.29, 1.82) is 0 Å². The number of amides is 1. The molecule has 1 amide bonds. The molecule has 0 radical (unpaired) electrons. The van der Waals surface area contributed by atoms with E-state index in [9.17, 15) is 14.3 Å². The van der Waals surface area contributed by atoms with Crippen molar-refractivity contribution in [1.82, 2.24) is 0 Å². The Morgan fingerprint density at radius 1 is 1.16 bits per heavy atom. The van der Waals surface area contributed by atoms with Crippen molar-refractivity contribution in [3.63, 3.8) is 0 Å². The largest absolute Gasteiger partial charge is 0.505 e. The molecule has 5 nitrogen and oxygen atoms in total. The van der Waals surface area contributed by atoms with Crippen molar-refractivity contribution in [2.24, 2.45) is 5.73 Å². The first-order valence-corrected chi connectivity index (χ1v) is 8.38. The van der Waals surface area contributed by atoms with E-state index in [1.807, 2.05) is 18.2 Å². The minimum absolute atomic E-state index is 0.0328. The van der Waals surface area contributed by atoms with E-state index in [-0.39, 0.29) is 24.1 Å². The molecule has 1 aliphatic rings. The number of carbonyl (C=O) groups is 1. The van der Waals surface area contributed by atoms with Crippen LogP contribution >= 0.6 is 0 Å². The number of rotatable bonds is 5. The summed E-state index contributed by atoms with van der Waals surface area (Å²) in [5.41, 5.74) is 7.15. The van der Waals surface area contributed by atoms with Crippen LogP contribution in [0.1, 0.15) is 12.8 Å². The highest BCUT2D eigenvalue weighted by Gasteiger charge is 2.28. The molecule has 1 fully saturated rings. The smallest absolute Gasteiger partial charge is 0.217 e. The molecule has 6 heteroatoms. The fourth-order valence-corrected chi connectivity index (χ4v) is 3.30.